The van der Waals surface area contributed by atoms with Gasteiger partial charge in [0.05, 0.1) is 10.7 Å². The Balaban J connectivity index is 2.19. The van der Waals surface area contributed by atoms with Crippen molar-refractivity contribution < 1.29 is 8.78 Å². The normalized spacial score (nSPS) is 11.1. The van der Waals surface area contributed by atoms with Gasteiger partial charge in [0, 0.05) is 24.0 Å². The zero-order valence-corrected chi connectivity index (χ0v) is 9.83. The maximum Gasteiger partial charge on any atom is 0.137 e. The van der Waals surface area contributed by atoms with E-state index < -0.39 is 11.6 Å². The monoisotopic (exact) mass is 264 g/mol. The van der Waals surface area contributed by atoms with Gasteiger partial charge < -0.3 is 4.40 Å². The molecule has 0 aliphatic carbocycles. The van der Waals surface area contributed by atoms with Crippen LogP contribution in [0.15, 0.2) is 42.7 Å². The first-order valence-corrected chi connectivity index (χ1v) is 5.60. The molecular weight excluding hydrogens is 258 g/mol. The van der Waals surface area contributed by atoms with Gasteiger partial charge >= 0.3 is 0 Å². The van der Waals surface area contributed by atoms with Crippen molar-refractivity contribution in [1.29, 1.82) is 0 Å². The van der Waals surface area contributed by atoms with Gasteiger partial charge in [0.15, 0.2) is 0 Å². The summed E-state index contributed by atoms with van der Waals surface area (Å²) in [4.78, 5) is 4.28. The first kappa shape index (κ1) is 11.2. The molecule has 0 atom stereocenters. The van der Waals surface area contributed by atoms with Crippen LogP contribution < -0.4 is 0 Å². The fraction of sp³-hybridized carbons (Fsp3) is 0. The highest BCUT2D eigenvalue weighted by molar-refractivity contribution is 6.30. The van der Waals surface area contributed by atoms with E-state index in [1.807, 2.05) is 0 Å². The second kappa shape index (κ2) is 4.07. The Morgan fingerprint density at radius 3 is 2.44 bits per heavy atom. The second-order valence-corrected chi connectivity index (χ2v) is 4.33. The molecule has 2 heterocycles. The standard InChI is InChI=1S/C13H7ClF2N2/c14-9-1-2-13-17-12(7-18(13)6-9)8-3-10(15)5-11(16)4-8/h1-7H. The number of fused-ring (bicyclic) bond motifs is 1. The number of halogens is 3. The number of pyridine rings is 1. The van der Waals surface area contributed by atoms with Crippen molar-refractivity contribution in [3.63, 3.8) is 0 Å². The van der Waals surface area contributed by atoms with Crippen LogP contribution >= 0.6 is 11.6 Å². The minimum absolute atomic E-state index is 0.396. The van der Waals surface area contributed by atoms with Crippen molar-refractivity contribution in [2.24, 2.45) is 0 Å². The Morgan fingerprint density at radius 2 is 1.72 bits per heavy atom. The van der Waals surface area contributed by atoms with Crippen molar-refractivity contribution in [1.82, 2.24) is 9.38 Å². The molecule has 90 valence electrons. The van der Waals surface area contributed by atoms with Gasteiger partial charge in [-0.25, -0.2) is 13.8 Å². The third-order valence-electron chi connectivity index (χ3n) is 2.57. The smallest absolute Gasteiger partial charge is 0.137 e. The van der Waals surface area contributed by atoms with Gasteiger partial charge in [-0.15, -0.1) is 0 Å². The van der Waals surface area contributed by atoms with E-state index in [4.69, 9.17) is 11.6 Å². The van der Waals surface area contributed by atoms with Crippen LogP contribution in [0.2, 0.25) is 5.02 Å². The van der Waals surface area contributed by atoms with Crippen molar-refractivity contribution in [2.75, 3.05) is 0 Å². The van der Waals surface area contributed by atoms with E-state index in [1.165, 1.54) is 12.1 Å². The molecule has 0 fully saturated rings. The fourth-order valence-corrected chi connectivity index (χ4v) is 1.97. The molecule has 3 aromatic rings. The van der Waals surface area contributed by atoms with Gasteiger partial charge in [0.2, 0.25) is 0 Å². The van der Waals surface area contributed by atoms with Crippen LogP contribution in [0, 0.1) is 11.6 Å². The zero-order valence-electron chi connectivity index (χ0n) is 9.07. The highest BCUT2D eigenvalue weighted by atomic mass is 35.5. The Bertz CT molecular complexity index is 717. The highest BCUT2D eigenvalue weighted by Crippen LogP contribution is 2.22. The van der Waals surface area contributed by atoms with Crippen LogP contribution in [0.4, 0.5) is 8.78 Å². The quantitative estimate of drug-likeness (QED) is 0.651. The fourth-order valence-electron chi connectivity index (χ4n) is 1.81. The number of nitrogens with zero attached hydrogens (tertiary/aromatic N) is 2. The van der Waals surface area contributed by atoms with Gasteiger partial charge in [0.1, 0.15) is 17.3 Å². The van der Waals surface area contributed by atoms with E-state index in [0.29, 0.717) is 21.9 Å². The van der Waals surface area contributed by atoms with Crippen molar-refractivity contribution in [2.45, 2.75) is 0 Å². The summed E-state index contributed by atoms with van der Waals surface area (Å²) in [5.74, 6) is -1.25. The number of rotatable bonds is 1. The van der Waals surface area contributed by atoms with Gasteiger partial charge in [-0.1, -0.05) is 11.6 Å². The largest absolute Gasteiger partial charge is 0.305 e. The predicted molar refractivity (Wildman–Crippen MR) is 65.6 cm³/mol. The summed E-state index contributed by atoms with van der Waals surface area (Å²) < 4.78 is 28.0. The van der Waals surface area contributed by atoms with E-state index in [0.717, 1.165) is 6.07 Å². The minimum atomic E-state index is -0.625. The van der Waals surface area contributed by atoms with E-state index in [9.17, 15) is 8.78 Å². The number of aromatic nitrogens is 2. The molecule has 0 saturated heterocycles. The lowest BCUT2D eigenvalue weighted by atomic mass is 10.1. The van der Waals surface area contributed by atoms with E-state index >= 15 is 0 Å². The summed E-state index contributed by atoms with van der Waals surface area (Å²) in [6.45, 7) is 0. The number of imidazole rings is 1. The SMILES string of the molecule is Fc1cc(F)cc(-c2cn3cc(Cl)ccc3n2)c1. The lowest BCUT2D eigenvalue weighted by Crippen LogP contribution is -1.83. The molecule has 0 radical (unpaired) electrons. The predicted octanol–water partition coefficient (Wildman–Crippen LogP) is 3.93. The summed E-state index contributed by atoms with van der Waals surface area (Å²) >= 11 is 5.86. The number of benzene rings is 1. The Kier molecular flexibility index (Phi) is 2.52. The summed E-state index contributed by atoms with van der Waals surface area (Å²) in [5.41, 5.74) is 1.56. The molecule has 0 unspecified atom stereocenters. The number of hydrogen-bond acceptors (Lipinski definition) is 1. The third-order valence-corrected chi connectivity index (χ3v) is 2.80. The summed E-state index contributed by atoms with van der Waals surface area (Å²) in [6, 6.07) is 6.76. The molecular formula is C13H7ClF2N2. The molecule has 2 nitrogen and oxygen atoms in total. The molecule has 0 aliphatic heterocycles. The Labute approximate surface area is 106 Å². The zero-order chi connectivity index (χ0) is 12.7. The van der Waals surface area contributed by atoms with Gasteiger partial charge in [-0.05, 0) is 24.3 Å². The van der Waals surface area contributed by atoms with Crippen LogP contribution in [-0.4, -0.2) is 9.38 Å². The Hall–Kier alpha value is -1.94. The molecule has 0 N–H and O–H groups in total. The summed E-state index contributed by atoms with van der Waals surface area (Å²) in [6.07, 6.45) is 3.36. The van der Waals surface area contributed by atoms with Crippen LogP contribution in [0.1, 0.15) is 0 Å². The lowest BCUT2D eigenvalue weighted by Gasteiger charge is -1.97. The highest BCUT2D eigenvalue weighted by Gasteiger charge is 2.07. The molecule has 0 bridgehead atoms. The van der Waals surface area contributed by atoms with E-state index in [2.05, 4.69) is 4.98 Å². The van der Waals surface area contributed by atoms with Gasteiger partial charge in [-0.3, -0.25) is 0 Å². The summed E-state index contributed by atoms with van der Waals surface area (Å²) in [7, 11) is 0. The van der Waals surface area contributed by atoms with Gasteiger partial charge in [-0.2, -0.15) is 0 Å². The molecule has 0 amide bonds. The van der Waals surface area contributed by atoms with Crippen LogP contribution in [-0.2, 0) is 0 Å². The van der Waals surface area contributed by atoms with Gasteiger partial charge in [0.25, 0.3) is 0 Å². The molecule has 0 spiro atoms. The molecule has 1 aromatic carbocycles. The third kappa shape index (κ3) is 1.95. The number of hydrogen-bond donors (Lipinski definition) is 0. The van der Waals surface area contributed by atoms with Crippen molar-refractivity contribution >= 4 is 17.2 Å². The molecule has 0 saturated carbocycles. The molecule has 5 heteroatoms. The van der Waals surface area contributed by atoms with Crippen LogP contribution in [0.5, 0.6) is 0 Å². The van der Waals surface area contributed by atoms with Crippen molar-refractivity contribution in [3.05, 3.63) is 59.4 Å². The van der Waals surface area contributed by atoms with Crippen LogP contribution in [0.3, 0.4) is 0 Å². The first-order chi connectivity index (χ1) is 8.61. The summed E-state index contributed by atoms with van der Waals surface area (Å²) in [5, 5.41) is 0.567. The molecule has 2 aromatic heterocycles. The minimum Gasteiger partial charge on any atom is -0.305 e. The van der Waals surface area contributed by atoms with Crippen LogP contribution in [0.25, 0.3) is 16.9 Å². The molecule has 3 rings (SSSR count). The molecule has 18 heavy (non-hydrogen) atoms. The first-order valence-electron chi connectivity index (χ1n) is 5.22. The van der Waals surface area contributed by atoms with E-state index in [-0.39, 0.29) is 0 Å². The average Bonchev–Trinajstić information content (AvgIpc) is 2.70. The maximum absolute atomic E-state index is 13.1. The maximum atomic E-state index is 13.1. The molecule has 0 aliphatic rings. The average molecular weight is 265 g/mol. The second-order valence-electron chi connectivity index (χ2n) is 3.90. The lowest BCUT2D eigenvalue weighted by molar-refractivity contribution is 0.584. The van der Waals surface area contributed by atoms with E-state index in [1.54, 1.807) is 28.9 Å². The van der Waals surface area contributed by atoms with Crippen molar-refractivity contribution in [3.8, 4) is 11.3 Å². The topological polar surface area (TPSA) is 17.3 Å². The Morgan fingerprint density at radius 1 is 1.00 bits per heavy atom.